The minimum absolute atomic E-state index is 0.00194. The van der Waals surface area contributed by atoms with Crippen LogP contribution in [0, 0.1) is 6.92 Å². The highest BCUT2D eigenvalue weighted by molar-refractivity contribution is 5.90. The van der Waals surface area contributed by atoms with Gasteiger partial charge in [0.05, 0.1) is 0 Å². The van der Waals surface area contributed by atoms with E-state index in [-0.39, 0.29) is 11.9 Å². The van der Waals surface area contributed by atoms with Crippen molar-refractivity contribution < 1.29 is 4.79 Å². The first-order valence-corrected chi connectivity index (χ1v) is 5.06. The van der Waals surface area contributed by atoms with Gasteiger partial charge in [-0.15, -0.1) is 0 Å². The molecule has 0 aromatic carbocycles. The summed E-state index contributed by atoms with van der Waals surface area (Å²) in [7, 11) is 0. The molecule has 0 fully saturated rings. The van der Waals surface area contributed by atoms with E-state index in [0.717, 1.165) is 11.4 Å². The number of hydrogen-bond acceptors (Lipinski definition) is 3. The Hall–Kier alpha value is -1.42. The molecule has 82 valence electrons. The highest BCUT2D eigenvalue weighted by atomic mass is 16.1. The maximum Gasteiger partial charge on any atom is 0.224 e. The van der Waals surface area contributed by atoms with E-state index < -0.39 is 0 Å². The van der Waals surface area contributed by atoms with Crippen LogP contribution in [-0.2, 0) is 4.79 Å². The second-order valence-corrected chi connectivity index (χ2v) is 3.75. The van der Waals surface area contributed by atoms with Gasteiger partial charge in [0.15, 0.2) is 0 Å². The number of carbonyl (C=O) groups excluding carboxylic acids is 1. The number of nitrogens with zero attached hydrogens (tertiary/aromatic N) is 1. The number of aryl methyl sites for hydroxylation is 1. The first-order valence-electron chi connectivity index (χ1n) is 5.06. The first-order chi connectivity index (χ1) is 7.08. The SMILES string of the molecule is Cc1cc(NC(=O)CCC(C)N)ccn1. The molecule has 1 amide bonds. The van der Waals surface area contributed by atoms with Gasteiger partial charge in [-0.1, -0.05) is 0 Å². The van der Waals surface area contributed by atoms with E-state index in [4.69, 9.17) is 5.73 Å². The van der Waals surface area contributed by atoms with Gasteiger partial charge in [-0.2, -0.15) is 0 Å². The van der Waals surface area contributed by atoms with Crippen molar-refractivity contribution in [3.05, 3.63) is 24.0 Å². The molecule has 15 heavy (non-hydrogen) atoms. The first kappa shape index (κ1) is 11.7. The molecule has 0 radical (unpaired) electrons. The van der Waals surface area contributed by atoms with Gasteiger partial charge in [-0.05, 0) is 32.4 Å². The second kappa shape index (κ2) is 5.46. The van der Waals surface area contributed by atoms with E-state index >= 15 is 0 Å². The van der Waals surface area contributed by atoms with Crippen molar-refractivity contribution in [2.24, 2.45) is 5.73 Å². The van der Waals surface area contributed by atoms with Crippen LogP contribution in [0.3, 0.4) is 0 Å². The summed E-state index contributed by atoms with van der Waals surface area (Å²) in [5, 5.41) is 2.80. The van der Waals surface area contributed by atoms with Crippen molar-refractivity contribution in [1.29, 1.82) is 0 Å². The number of hydrogen-bond donors (Lipinski definition) is 2. The van der Waals surface area contributed by atoms with E-state index in [1.807, 2.05) is 19.9 Å². The highest BCUT2D eigenvalue weighted by Gasteiger charge is 2.04. The Bertz CT molecular complexity index is 336. The standard InChI is InChI=1S/C11H17N3O/c1-8(12)3-4-11(15)14-10-5-6-13-9(2)7-10/h5-8H,3-4,12H2,1-2H3,(H,13,14,15). The normalized spacial score (nSPS) is 12.2. The summed E-state index contributed by atoms with van der Waals surface area (Å²) in [6.07, 6.45) is 2.84. The van der Waals surface area contributed by atoms with Crippen LogP contribution >= 0.6 is 0 Å². The zero-order valence-corrected chi connectivity index (χ0v) is 9.16. The maximum atomic E-state index is 11.4. The summed E-state index contributed by atoms with van der Waals surface area (Å²) >= 11 is 0. The molecule has 4 heteroatoms. The van der Waals surface area contributed by atoms with Crippen LogP contribution in [0.5, 0.6) is 0 Å². The van der Waals surface area contributed by atoms with Crippen molar-refractivity contribution in [2.75, 3.05) is 5.32 Å². The number of aromatic nitrogens is 1. The minimum Gasteiger partial charge on any atom is -0.328 e. The lowest BCUT2D eigenvalue weighted by molar-refractivity contribution is -0.116. The summed E-state index contributed by atoms with van der Waals surface area (Å²) in [6.45, 7) is 3.78. The molecule has 1 atom stereocenters. The lowest BCUT2D eigenvalue weighted by atomic mass is 10.2. The Morgan fingerprint density at radius 3 is 3.00 bits per heavy atom. The van der Waals surface area contributed by atoms with E-state index in [1.165, 1.54) is 0 Å². The zero-order valence-electron chi connectivity index (χ0n) is 9.16. The quantitative estimate of drug-likeness (QED) is 0.785. The molecule has 0 saturated carbocycles. The van der Waals surface area contributed by atoms with Gasteiger partial charge in [-0.3, -0.25) is 9.78 Å². The Balaban J connectivity index is 2.44. The molecule has 1 heterocycles. The molecular formula is C11H17N3O. The number of rotatable bonds is 4. The molecule has 1 unspecified atom stereocenters. The summed E-state index contributed by atoms with van der Waals surface area (Å²) < 4.78 is 0. The van der Waals surface area contributed by atoms with Crippen LogP contribution in [-0.4, -0.2) is 16.9 Å². The van der Waals surface area contributed by atoms with Gasteiger partial charge in [0, 0.05) is 30.0 Å². The lowest BCUT2D eigenvalue weighted by Gasteiger charge is -2.06. The van der Waals surface area contributed by atoms with Crippen molar-refractivity contribution >= 4 is 11.6 Å². The van der Waals surface area contributed by atoms with Crippen LogP contribution < -0.4 is 11.1 Å². The number of anilines is 1. The fourth-order valence-corrected chi connectivity index (χ4v) is 1.21. The summed E-state index contributed by atoms with van der Waals surface area (Å²) in [5.41, 5.74) is 7.25. The van der Waals surface area contributed by atoms with Gasteiger partial charge in [0.1, 0.15) is 0 Å². The molecule has 0 aliphatic heterocycles. The molecule has 1 rings (SSSR count). The van der Waals surface area contributed by atoms with Crippen molar-refractivity contribution in [2.45, 2.75) is 32.7 Å². The third-order valence-electron chi connectivity index (χ3n) is 2.01. The van der Waals surface area contributed by atoms with Gasteiger partial charge >= 0.3 is 0 Å². The second-order valence-electron chi connectivity index (χ2n) is 3.75. The van der Waals surface area contributed by atoms with E-state index in [9.17, 15) is 4.79 Å². The predicted molar refractivity (Wildman–Crippen MR) is 60.5 cm³/mol. The fraction of sp³-hybridized carbons (Fsp3) is 0.455. The number of amides is 1. The lowest BCUT2D eigenvalue weighted by Crippen LogP contribution is -2.19. The summed E-state index contributed by atoms with van der Waals surface area (Å²) in [6, 6.07) is 3.68. The minimum atomic E-state index is -0.00194. The largest absolute Gasteiger partial charge is 0.328 e. The zero-order chi connectivity index (χ0) is 11.3. The maximum absolute atomic E-state index is 11.4. The summed E-state index contributed by atoms with van der Waals surface area (Å²) in [4.78, 5) is 15.5. The van der Waals surface area contributed by atoms with Crippen LogP contribution in [0.15, 0.2) is 18.3 Å². The fourth-order valence-electron chi connectivity index (χ4n) is 1.21. The number of nitrogens with one attached hydrogen (secondary N) is 1. The average Bonchev–Trinajstić information content (AvgIpc) is 2.15. The van der Waals surface area contributed by atoms with Crippen LogP contribution in [0.4, 0.5) is 5.69 Å². The molecule has 0 bridgehead atoms. The molecule has 4 nitrogen and oxygen atoms in total. The smallest absolute Gasteiger partial charge is 0.224 e. The van der Waals surface area contributed by atoms with Crippen molar-refractivity contribution in [1.82, 2.24) is 4.98 Å². The van der Waals surface area contributed by atoms with Crippen LogP contribution in [0.25, 0.3) is 0 Å². The number of nitrogens with two attached hydrogens (primary N) is 1. The Labute approximate surface area is 89.9 Å². The van der Waals surface area contributed by atoms with Gasteiger partial charge in [0.25, 0.3) is 0 Å². The topological polar surface area (TPSA) is 68.0 Å². The molecule has 3 N–H and O–H groups in total. The average molecular weight is 207 g/mol. The van der Waals surface area contributed by atoms with Crippen molar-refractivity contribution in [3.63, 3.8) is 0 Å². The molecule has 0 saturated heterocycles. The van der Waals surface area contributed by atoms with Gasteiger partial charge in [-0.25, -0.2) is 0 Å². The molecule has 1 aromatic heterocycles. The monoisotopic (exact) mass is 207 g/mol. The Kier molecular flexibility index (Phi) is 4.24. The summed E-state index contributed by atoms with van der Waals surface area (Å²) in [5.74, 6) is -0.00194. The third-order valence-corrected chi connectivity index (χ3v) is 2.01. The van der Waals surface area contributed by atoms with E-state index in [2.05, 4.69) is 10.3 Å². The number of carbonyl (C=O) groups is 1. The van der Waals surface area contributed by atoms with E-state index in [1.54, 1.807) is 12.3 Å². The molecule has 1 aromatic rings. The van der Waals surface area contributed by atoms with Gasteiger partial charge < -0.3 is 11.1 Å². The number of pyridine rings is 1. The molecule has 0 aliphatic rings. The van der Waals surface area contributed by atoms with Crippen molar-refractivity contribution in [3.8, 4) is 0 Å². The molecule has 0 spiro atoms. The predicted octanol–water partition coefficient (Wildman–Crippen LogP) is 1.46. The van der Waals surface area contributed by atoms with Gasteiger partial charge in [0.2, 0.25) is 5.91 Å². The molecular weight excluding hydrogens is 190 g/mol. The Morgan fingerprint density at radius 2 is 2.40 bits per heavy atom. The molecule has 0 aliphatic carbocycles. The third kappa shape index (κ3) is 4.56. The van der Waals surface area contributed by atoms with E-state index in [0.29, 0.717) is 12.8 Å². The van der Waals surface area contributed by atoms with Crippen LogP contribution in [0.1, 0.15) is 25.5 Å². The van der Waals surface area contributed by atoms with Crippen LogP contribution in [0.2, 0.25) is 0 Å². The highest BCUT2D eigenvalue weighted by Crippen LogP contribution is 2.08. The Morgan fingerprint density at radius 1 is 1.67 bits per heavy atom.